The summed E-state index contributed by atoms with van der Waals surface area (Å²) in [6, 6.07) is 10.6. The molecule has 3 heterocycles. The highest BCUT2D eigenvalue weighted by Crippen LogP contribution is 2.26. The molecule has 3 amide bonds. The van der Waals surface area contributed by atoms with Gasteiger partial charge in [0.25, 0.3) is 5.91 Å². The number of nitrogens with one attached hydrogen (secondary N) is 1. The van der Waals surface area contributed by atoms with Crippen LogP contribution in [0.5, 0.6) is 0 Å². The van der Waals surface area contributed by atoms with E-state index in [9.17, 15) is 14.4 Å². The highest BCUT2D eigenvalue weighted by molar-refractivity contribution is 7.18. The molecule has 1 aromatic carbocycles. The van der Waals surface area contributed by atoms with Gasteiger partial charge in [0.1, 0.15) is 18.0 Å². The smallest absolute Gasteiger partial charge is 0.415 e. The second-order valence-corrected chi connectivity index (χ2v) is 10.7. The molecule has 1 atom stereocenters. The summed E-state index contributed by atoms with van der Waals surface area (Å²) in [5, 5.41) is 8.87. The molecule has 4 rings (SSSR count). The first-order chi connectivity index (χ1) is 16.6. The van der Waals surface area contributed by atoms with Crippen LogP contribution in [0.4, 0.5) is 21.0 Å². The van der Waals surface area contributed by atoms with Crippen LogP contribution in [0.3, 0.4) is 0 Å². The molecule has 0 bridgehead atoms. The van der Waals surface area contributed by atoms with E-state index in [-0.39, 0.29) is 12.5 Å². The molecular formula is C23H26ClN5O5S. The minimum absolute atomic E-state index is 0.200. The molecule has 1 aromatic heterocycles. The van der Waals surface area contributed by atoms with Gasteiger partial charge in [-0.1, -0.05) is 11.6 Å². The molecule has 1 saturated heterocycles. The number of thiophene rings is 1. The second-order valence-electron chi connectivity index (χ2n) is 8.97. The Hall–Kier alpha value is -3.31. The van der Waals surface area contributed by atoms with Crippen molar-refractivity contribution >= 4 is 58.7 Å². The molecule has 1 N–H and O–H groups in total. The van der Waals surface area contributed by atoms with Crippen molar-refractivity contribution in [3.05, 3.63) is 45.6 Å². The molecule has 2 aromatic rings. The van der Waals surface area contributed by atoms with Gasteiger partial charge in [0.2, 0.25) is 0 Å². The van der Waals surface area contributed by atoms with E-state index < -0.39 is 23.9 Å². The molecule has 12 heteroatoms. The average Bonchev–Trinajstić information content (AvgIpc) is 3.42. The lowest BCUT2D eigenvalue weighted by atomic mass is 10.2. The Balaban J connectivity index is 1.31. The summed E-state index contributed by atoms with van der Waals surface area (Å²) < 4.78 is 11.3. The van der Waals surface area contributed by atoms with E-state index in [0.29, 0.717) is 34.5 Å². The average molecular weight is 520 g/mol. The van der Waals surface area contributed by atoms with Gasteiger partial charge < -0.3 is 14.8 Å². The number of anilines is 2. The number of hydrogen-bond donors (Lipinski definition) is 1. The highest BCUT2D eigenvalue weighted by Gasteiger charge is 2.33. The molecule has 0 radical (unpaired) electrons. The number of hydrazone groups is 1. The summed E-state index contributed by atoms with van der Waals surface area (Å²) in [4.78, 5) is 40.2. The predicted molar refractivity (Wildman–Crippen MR) is 134 cm³/mol. The third-order valence-electron chi connectivity index (χ3n) is 5.13. The molecule has 0 saturated carbocycles. The molecule has 0 spiro atoms. The molecule has 2 aliphatic rings. The number of ether oxygens (including phenoxy) is 2. The van der Waals surface area contributed by atoms with Crippen LogP contribution in [0.1, 0.15) is 30.4 Å². The van der Waals surface area contributed by atoms with Crippen LogP contribution >= 0.6 is 22.9 Å². The zero-order valence-electron chi connectivity index (χ0n) is 19.6. The van der Waals surface area contributed by atoms with Crippen LogP contribution in [0.15, 0.2) is 41.5 Å². The number of benzene rings is 1. The van der Waals surface area contributed by atoms with E-state index in [0.717, 1.165) is 5.69 Å². The minimum atomic E-state index is -0.572. The first-order valence-corrected chi connectivity index (χ1v) is 12.2. The Labute approximate surface area is 212 Å². The van der Waals surface area contributed by atoms with Gasteiger partial charge in [-0.2, -0.15) is 5.10 Å². The number of carbonyl (C=O) groups excluding carboxylic acids is 3. The molecule has 0 unspecified atom stereocenters. The van der Waals surface area contributed by atoms with Crippen molar-refractivity contribution in [2.75, 3.05) is 36.1 Å². The van der Waals surface area contributed by atoms with Gasteiger partial charge in [-0.25, -0.2) is 9.59 Å². The second kappa shape index (κ2) is 10.1. The number of amides is 3. The van der Waals surface area contributed by atoms with Crippen molar-refractivity contribution in [2.24, 2.45) is 5.10 Å². The molecular weight excluding hydrogens is 494 g/mol. The zero-order chi connectivity index (χ0) is 25.2. The number of nitrogens with zero attached hydrogens (tertiary/aromatic N) is 4. The lowest BCUT2D eigenvalue weighted by Gasteiger charge is -2.30. The van der Waals surface area contributed by atoms with Crippen LogP contribution < -0.4 is 15.2 Å². The standard InChI is InChI=1S/C23H26ClN5O5S/c1-23(2,3)34-21(31)27-10-11-29(26-14-27)16-6-4-15(5-7-16)28-13-17(33-22(28)32)12-25-20(30)18-8-9-19(24)35-18/h4-9,14,17H,10-13H2,1-3H3,(H,25,30)/t17-/m0/s1. The van der Waals surface area contributed by atoms with E-state index in [1.54, 1.807) is 29.3 Å². The maximum atomic E-state index is 12.4. The zero-order valence-corrected chi connectivity index (χ0v) is 21.1. The summed E-state index contributed by atoms with van der Waals surface area (Å²) in [5.41, 5.74) is 0.922. The monoisotopic (exact) mass is 519 g/mol. The molecule has 186 valence electrons. The normalized spacial score (nSPS) is 18.0. The van der Waals surface area contributed by atoms with Crippen molar-refractivity contribution in [3.8, 4) is 0 Å². The summed E-state index contributed by atoms with van der Waals surface area (Å²) in [7, 11) is 0. The van der Waals surface area contributed by atoms with Gasteiger partial charge in [0, 0.05) is 12.2 Å². The fourth-order valence-corrected chi connectivity index (χ4v) is 4.43. The predicted octanol–water partition coefficient (Wildman–Crippen LogP) is 4.16. The fraction of sp³-hybridized carbons (Fsp3) is 0.391. The van der Waals surface area contributed by atoms with Gasteiger partial charge in [-0.15, -0.1) is 11.3 Å². The van der Waals surface area contributed by atoms with Crippen LogP contribution in [-0.2, 0) is 9.47 Å². The summed E-state index contributed by atoms with van der Waals surface area (Å²) in [5.74, 6) is -0.256. The molecule has 1 fully saturated rings. The molecule has 0 aliphatic carbocycles. The Morgan fingerprint density at radius 3 is 2.49 bits per heavy atom. The first kappa shape index (κ1) is 24.8. The van der Waals surface area contributed by atoms with E-state index in [4.69, 9.17) is 21.1 Å². The molecule has 10 nitrogen and oxygen atoms in total. The van der Waals surface area contributed by atoms with Crippen molar-refractivity contribution in [2.45, 2.75) is 32.5 Å². The molecule has 35 heavy (non-hydrogen) atoms. The van der Waals surface area contributed by atoms with Crippen LogP contribution in [-0.4, -0.2) is 67.2 Å². The quantitative estimate of drug-likeness (QED) is 0.636. The number of carbonyl (C=O) groups is 3. The van der Waals surface area contributed by atoms with E-state index in [1.165, 1.54) is 27.5 Å². The lowest BCUT2D eigenvalue weighted by molar-refractivity contribution is 0.0374. The van der Waals surface area contributed by atoms with Gasteiger partial charge in [-0.05, 0) is 57.2 Å². The number of hydrogen-bond acceptors (Lipinski definition) is 8. The Bertz CT molecular complexity index is 1130. The van der Waals surface area contributed by atoms with Crippen molar-refractivity contribution < 1.29 is 23.9 Å². The van der Waals surface area contributed by atoms with Crippen LogP contribution in [0.25, 0.3) is 0 Å². The van der Waals surface area contributed by atoms with E-state index in [1.807, 2.05) is 32.9 Å². The largest absolute Gasteiger partial charge is 0.443 e. The van der Waals surface area contributed by atoms with Gasteiger partial charge in [-0.3, -0.25) is 19.6 Å². The van der Waals surface area contributed by atoms with E-state index in [2.05, 4.69) is 10.4 Å². The maximum absolute atomic E-state index is 12.4. The summed E-state index contributed by atoms with van der Waals surface area (Å²) in [6.45, 7) is 6.89. The molecule has 2 aliphatic heterocycles. The first-order valence-electron chi connectivity index (χ1n) is 11.0. The SMILES string of the molecule is CC(C)(C)OC(=O)N1C=NN(c2ccc(N3C[C@H](CNC(=O)c4ccc(Cl)s4)OC3=O)cc2)CC1. The van der Waals surface area contributed by atoms with Gasteiger partial charge in [0.05, 0.1) is 34.5 Å². The number of rotatable bonds is 5. The van der Waals surface area contributed by atoms with Gasteiger partial charge >= 0.3 is 12.2 Å². The fourth-order valence-electron chi connectivity index (χ4n) is 3.47. The maximum Gasteiger partial charge on any atom is 0.415 e. The number of cyclic esters (lactones) is 1. The van der Waals surface area contributed by atoms with Gasteiger partial charge in [0.15, 0.2) is 0 Å². The van der Waals surface area contributed by atoms with E-state index >= 15 is 0 Å². The highest BCUT2D eigenvalue weighted by atomic mass is 35.5. The third-order valence-corrected chi connectivity index (χ3v) is 6.36. The summed E-state index contributed by atoms with van der Waals surface area (Å²) >= 11 is 7.06. The third kappa shape index (κ3) is 6.23. The number of halogens is 1. The minimum Gasteiger partial charge on any atom is -0.443 e. The van der Waals surface area contributed by atoms with Crippen LogP contribution in [0, 0.1) is 0 Å². The van der Waals surface area contributed by atoms with Crippen LogP contribution in [0.2, 0.25) is 4.34 Å². The van der Waals surface area contributed by atoms with Crippen molar-refractivity contribution in [1.82, 2.24) is 10.2 Å². The summed E-state index contributed by atoms with van der Waals surface area (Å²) in [6.07, 6.45) is 0.0767. The Morgan fingerprint density at radius 1 is 1.17 bits per heavy atom. The van der Waals surface area contributed by atoms with Crippen molar-refractivity contribution in [1.29, 1.82) is 0 Å². The van der Waals surface area contributed by atoms with Crippen molar-refractivity contribution in [3.63, 3.8) is 0 Å². The topological polar surface area (TPSA) is 104 Å². The Kier molecular flexibility index (Phi) is 7.18. The Morgan fingerprint density at radius 2 is 1.89 bits per heavy atom. The lowest BCUT2D eigenvalue weighted by Crippen LogP contribution is -2.43.